The van der Waals surface area contributed by atoms with Gasteiger partial charge in [-0.25, -0.2) is 0 Å². The average molecular weight is 464 g/mol. The predicted molar refractivity (Wildman–Crippen MR) is 112 cm³/mol. The molecule has 0 aromatic carbocycles. The molecule has 4 saturated heterocycles. The Balaban J connectivity index is 0.00000225. The van der Waals surface area contributed by atoms with Gasteiger partial charge in [-0.2, -0.15) is 0 Å². The Morgan fingerprint density at radius 1 is 1.16 bits per heavy atom. The molecule has 7 nitrogen and oxygen atoms in total. The molecule has 2 unspecified atom stereocenters. The monoisotopic (exact) mass is 464 g/mol. The van der Waals surface area contributed by atoms with Crippen molar-refractivity contribution in [1.29, 1.82) is 0 Å². The Labute approximate surface area is 168 Å². The van der Waals surface area contributed by atoms with Crippen LogP contribution in [0.15, 0.2) is 4.99 Å². The second-order valence-electron chi connectivity index (χ2n) is 7.51. The van der Waals surface area contributed by atoms with Crippen LogP contribution in [0.25, 0.3) is 0 Å². The van der Waals surface area contributed by atoms with Crippen molar-refractivity contribution in [3.63, 3.8) is 0 Å². The Bertz CT molecular complexity index is 478. The van der Waals surface area contributed by atoms with E-state index >= 15 is 0 Å². The fraction of sp³-hybridized carbons (Fsp3) is 0.882. The number of likely N-dealkylation sites (tertiary alicyclic amines) is 1. The van der Waals surface area contributed by atoms with Crippen LogP contribution in [-0.2, 0) is 4.79 Å². The molecule has 144 valence electrons. The highest BCUT2D eigenvalue weighted by Crippen LogP contribution is 2.15. The molecule has 25 heavy (non-hydrogen) atoms. The first-order chi connectivity index (χ1) is 11.6. The van der Waals surface area contributed by atoms with Gasteiger partial charge in [0.15, 0.2) is 5.96 Å². The highest BCUT2D eigenvalue weighted by molar-refractivity contribution is 14.0. The lowest BCUT2D eigenvalue weighted by Gasteiger charge is -2.47. The summed E-state index contributed by atoms with van der Waals surface area (Å²) in [5.41, 5.74) is 0. The molecule has 2 bridgehead atoms. The Kier molecular flexibility index (Phi) is 7.75. The van der Waals surface area contributed by atoms with Gasteiger partial charge in [-0.05, 0) is 6.42 Å². The zero-order valence-electron chi connectivity index (χ0n) is 15.7. The minimum atomic E-state index is 0. The van der Waals surface area contributed by atoms with Gasteiger partial charge in [0.25, 0.3) is 0 Å². The summed E-state index contributed by atoms with van der Waals surface area (Å²) in [6.45, 7) is 12.4. The number of carbonyl (C=O) groups is 1. The van der Waals surface area contributed by atoms with Gasteiger partial charge in [0.05, 0.1) is 0 Å². The number of piperazine rings is 3. The van der Waals surface area contributed by atoms with E-state index in [4.69, 9.17) is 0 Å². The van der Waals surface area contributed by atoms with Crippen molar-refractivity contribution in [2.24, 2.45) is 10.9 Å². The normalized spacial score (nSPS) is 31.8. The first-order valence-electron chi connectivity index (χ1n) is 9.29. The molecule has 8 heteroatoms. The van der Waals surface area contributed by atoms with E-state index in [0.29, 0.717) is 12.1 Å². The van der Waals surface area contributed by atoms with Gasteiger partial charge in [-0.1, -0.05) is 13.8 Å². The number of hydrogen-bond donors (Lipinski definition) is 2. The lowest BCUT2D eigenvalue weighted by Crippen LogP contribution is -2.64. The van der Waals surface area contributed by atoms with Crippen molar-refractivity contribution >= 4 is 35.8 Å². The van der Waals surface area contributed by atoms with Crippen LogP contribution >= 0.6 is 24.0 Å². The first-order valence-corrected chi connectivity index (χ1v) is 9.29. The fourth-order valence-electron chi connectivity index (χ4n) is 3.96. The number of nitrogens with zero attached hydrogens (tertiary/aromatic N) is 4. The molecule has 4 heterocycles. The van der Waals surface area contributed by atoms with Crippen LogP contribution in [0, 0.1) is 5.92 Å². The molecule has 4 aliphatic heterocycles. The zero-order valence-corrected chi connectivity index (χ0v) is 18.0. The van der Waals surface area contributed by atoms with Gasteiger partial charge in [-0.15, -0.1) is 24.0 Å². The number of carbonyl (C=O) groups excluding carboxylic acids is 1. The highest BCUT2D eigenvalue weighted by atomic mass is 127. The van der Waals surface area contributed by atoms with E-state index in [1.54, 1.807) is 0 Å². The van der Waals surface area contributed by atoms with Gasteiger partial charge in [-0.3, -0.25) is 19.6 Å². The number of guanidine groups is 1. The van der Waals surface area contributed by atoms with E-state index in [1.807, 2.05) is 25.8 Å². The molecule has 0 aliphatic carbocycles. The van der Waals surface area contributed by atoms with Crippen molar-refractivity contribution in [3.05, 3.63) is 0 Å². The third-order valence-electron chi connectivity index (χ3n) is 5.46. The number of halogens is 1. The molecule has 4 aliphatic rings. The average Bonchev–Trinajstić information content (AvgIpc) is 3.07. The maximum atomic E-state index is 12.1. The third-order valence-corrected chi connectivity index (χ3v) is 5.46. The fourth-order valence-corrected chi connectivity index (χ4v) is 3.96. The molecule has 2 N–H and O–H groups in total. The Morgan fingerprint density at radius 2 is 1.88 bits per heavy atom. The van der Waals surface area contributed by atoms with Crippen molar-refractivity contribution in [1.82, 2.24) is 25.3 Å². The van der Waals surface area contributed by atoms with Gasteiger partial charge in [0, 0.05) is 77.4 Å². The van der Waals surface area contributed by atoms with Gasteiger partial charge < -0.3 is 15.5 Å². The maximum Gasteiger partial charge on any atom is 0.225 e. The van der Waals surface area contributed by atoms with Crippen LogP contribution in [0.5, 0.6) is 0 Å². The van der Waals surface area contributed by atoms with E-state index < -0.39 is 0 Å². The van der Waals surface area contributed by atoms with E-state index in [1.165, 1.54) is 26.2 Å². The SMILES string of the molecule is CN=C(NCC1CN2CCN1CC2)NC1CCN(C(=O)C(C)C)C1.I. The largest absolute Gasteiger partial charge is 0.355 e. The highest BCUT2D eigenvalue weighted by Gasteiger charge is 2.32. The lowest BCUT2D eigenvalue weighted by atomic mass is 10.1. The van der Waals surface area contributed by atoms with Gasteiger partial charge in [0.2, 0.25) is 5.91 Å². The van der Waals surface area contributed by atoms with Gasteiger partial charge in [0.1, 0.15) is 0 Å². The van der Waals surface area contributed by atoms with Crippen LogP contribution in [0.2, 0.25) is 0 Å². The summed E-state index contributed by atoms with van der Waals surface area (Å²) in [6.07, 6.45) is 0.989. The molecule has 4 rings (SSSR count). The third kappa shape index (κ3) is 5.19. The van der Waals surface area contributed by atoms with Crippen LogP contribution in [0.3, 0.4) is 0 Å². The number of fused-ring (bicyclic) bond motifs is 3. The van der Waals surface area contributed by atoms with Crippen LogP contribution in [-0.4, -0.2) is 98.1 Å². The number of hydrogen-bond acceptors (Lipinski definition) is 4. The molecule has 0 radical (unpaired) electrons. The predicted octanol–water partition coefficient (Wildman–Crippen LogP) is 0.0261. The molecule has 2 atom stereocenters. The zero-order chi connectivity index (χ0) is 17.1. The van der Waals surface area contributed by atoms with Crippen molar-refractivity contribution in [2.45, 2.75) is 32.4 Å². The topological polar surface area (TPSA) is 63.2 Å². The number of aliphatic imine (C=N–C) groups is 1. The molecular formula is C17H33IN6O. The van der Waals surface area contributed by atoms with Crippen molar-refractivity contribution < 1.29 is 4.79 Å². The molecular weight excluding hydrogens is 431 g/mol. The minimum Gasteiger partial charge on any atom is -0.355 e. The molecule has 0 aromatic heterocycles. The summed E-state index contributed by atoms with van der Waals surface area (Å²) >= 11 is 0. The van der Waals surface area contributed by atoms with Crippen molar-refractivity contribution in [2.75, 3.05) is 59.4 Å². The summed E-state index contributed by atoms with van der Waals surface area (Å²) in [7, 11) is 1.82. The smallest absolute Gasteiger partial charge is 0.225 e. The van der Waals surface area contributed by atoms with E-state index in [-0.39, 0.29) is 35.8 Å². The molecule has 0 spiro atoms. The second kappa shape index (κ2) is 9.36. The summed E-state index contributed by atoms with van der Waals surface area (Å²) in [4.78, 5) is 23.6. The standard InChI is InChI=1S/C17H32N6O.HI/c1-13(2)16(24)23-5-4-14(11-23)20-17(18-3)19-10-15-12-21-6-8-22(15)9-7-21;/h13-15H,4-12H2,1-3H3,(H2,18,19,20);1H. The maximum absolute atomic E-state index is 12.1. The lowest BCUT2D eigenvalue weighted by molar-refractivity contribution is -0.133. The molecule has 1 amide bonds. The molecule has 4 fully saturated rings. The molecule has 0 aromatic rings. The summed E-state index contributed by atoms with van der Waals surface area (Å²) in [5.74, 6) is 1.19. The summed E-state index contributed by atoms with van der Waals surface area (Å²) in [5, 5.41) is 6.97. The Morgan fingerprint density at radius 3 is 2.44 bits per heavy atom. The first kappa shape index (κ1) is 20.7. The van der Waals surface area contributed by atoms with Crippen LogP contribution < -0.4 is 10.6 Å². The van der Waals surface area contributed by atoms with E-state index in [9.17, 15) is 4.79 Å². The number of amides is 1. The van der Waals surface area contributed by atoms with Crippen molar-refractivity contribution in [3.8, 4) is 0 Å². The summed E-state index contributed by atoms with van der Waals surface area (Å²) in [6, 6.07) is 0.874. The van der Waals surface area contributed by atoms with Crippen LogP contribution in [0.1, 0.15) is 20.3 Å². The van der Waals surface area contributed by atoms with Crippen LogP contribution in [0.4, 0.5) is 0 Å². The second-order valence-corrected chi connectivity index (χ2v) is 7.51. The number of nitrogens with one attached hydrogen (secondary N) is 2. The molecule has 0 saturated carbocycles. The summed E-state index contributed by atoms with van der Waals surface area (Å²) < 4.78 is 0. The van der Waals surface area contributed by atoms with E-state index in [2.05, 4.69) is 25.4 Å². The van der Waals surface area contributed by atoms with Gasteiger partial charge >= 0.3 is 0 Å². The quantitative estimate of drug-likeness (QED) is 0.349. The Hall–Kier alpha value is -0.610. The number of rotatable bonds is 4. The van der Waals surface area contributed by atoms with E-state index in [0.717, 1.165) is 38.6 Å². The minimum absolute atomic E-state index is 0.